The van der Waals surface area contributed by atoms with Gasteiger partial charge in [-0.15, -0.1) is 0 Å². The molecule has 0 atom stereocenters. The lowest BCUT2D eigenvalue weighted by molar-refractivity contribution is 0.0595. The molecule has 0 bridgehead atoms. The summed E-state index contributed by atoms with van der Waals surface area (Å²) in [5, 5.41) is 5.39. The second-order valence-corrected chi connectivity index (χ2v) is 5.82. The highest BCUT2D eigenvalue weighted by Crippen LogP contribution is 2.26. The molecule has 0 radical (unpaired) electrons. The van der Waals surface area contributed by atoms with Gasteiger partial charge in [0.15, 0.2) is 5.69 Å². The normalized spacial score (nSPS) is 10.8. The van der Waals surface area contributed by atoms with E-state index < -0.39 is 5.97 Å². The number of halogens is 2. The van der Waals surface area contributed by atoms with Crippen molar-refractivity contribution in [1.29, 1.82) is 0 Å². The third-order valence-electron chi connectivity index (χ3n) is 3.52. The Bertz CT molecular complexity index is 924. The fourth-order valence-corrected chi connectivity index (χ4v) is 2.78. The van der Waals surface area contributed by atoms with Crippen LogP contribution in [-0.4, -0.2) is 35.0 Å². The number of aromatic nitrogens is 3. The minimum Gasteiger partial charge on any atom is -0.495 e. The van der Waals surface area contributed by atoms with Gasteiger partial charge in [-0.25, -0.2) is 9.78 Å². The molecule has 3 rings (SSSR count). The molecule has 0 N–H and O–H groups in total. The molecule has 2 heterocycles. The number of methoxy groups -OCH3 is 2. The number of fused-ring (bicyclic) bond motifs is 1. The number of rotatable bonds is 4. The predicted molar refractivity (Wildman–Crippen MR) is 91.0 cm³/mol. The van der Waals surface area contributed by atoms with Crippen molar-refractivity contribution in [3.63, 3.8) is 0 Å². The quantitative estimate of drug-likeness (QED) is 0.661. The third kappa shape index (κ3) is 3.02. The molecule has 3 aromatic rings. The van der Waals surface area contributed by atoms with Crippen LogP contribution in [0.5, 0.6) is 5.75 Å². The summed E-state index contributed by atoms with van der Waals surface area (Å²) in [6.45, 7) is 0.346. The van der Waals surface area contributed by atoms with Crippen molar-refractivity contribution in [3.8, 4) is 5.75 Å². The van der Waals surface area contributed by atoms with E-state index in [4.69, 9.17) is 32.7 Å². The van der Waals surface area contributed by atoms with E-state index in [2.05, 4.69) is 10.1 Å². The Hall–Kier alpha value is -2.31. The standard InChI is InChI=1S/C16H13Cl2N3O3/c1-23-11-6-13-14(19-7-11)15(16(22)24-2)20-21(13)8-9-3-4-10(17)5-12(9)18/h3-7H,8H2,1-2H3. The molecule has 0 saturated heterocycles. The van der Waals surface area contributed by atoms with Crippen molar-refractivity contribution < 1.29 is 14.3 Å². The molecule has 0 saturated carbocycles. The zero-order chi connectivity index (χ0) is 17.3. The van der Waals surface area contributed by atoms with Crippen LogP contribution < -0.4 is 4.74 Å². The summed E-state index contributed by atoms with van der Waals surface area (Å²) in [6, 6.07) is 6.97. The van der Waals surface area contributed by atoms with Gasteiger partial charge in [-0.2, -0.15) is 5.10 Å². The molecule has 2 aromatic heterocycles. The first-order chi connectivity index (χ1) is 11.5. The minimum atomic E-state index is -0.557. The summed E-state index contributed by atoms with van der Waals surface area (Å²) in [6.07, 6.45) is 1.52. The molecule has 0 fully saturated rings. The van der Waals surface area contributed by atoms with E-state index in [1.54, 1.807) is 30.0 Å². The lowest BCUT2D eigenvalue weighted by Crippen LogP contribution is -2.06. The highest BCUT2D eigenvalue weighted by molar-refractivity contribution is 6.35. The highest BCUT2D eigenvalue weighted by Gasteiger charge is 2.20. The second kappa shape index (κ2) is 6.67. The maximum absolute atomic E-state index is 11.9. The highest BCUT2D eigenvalue weighted by atomic mass is 35.5. The average molecular weight is 366 g/mol. The molecule has 0 aliphatic rings. The number of carbonyl (C=O) groups is 1. The van der Waals surface area contributed by atoms with E-state index in [0.29, 0.717) is 33.4 Å². The molecule has 0 aliphatic carbocycles. The number of hydrogen-bond acceptors (Lipinski definition) is 5. The Kier molecular flexibility index (Phi) is 4.59. The van der Waals surface area contributed by atoms with Gasteiger partial charge in [0.2, 0.25) is 0 Å². The molecule has 1 aromatic carbocycles. The summed E-state index contributed by atoms with van der Waals surface area (Å²) < 4.78 is 11.6. The molecule has 0 aliphatic heterocycles. The van der Waals surface area contributed by atoms with Crippen molar-refractivity contribution in [3.05, 3.63) is 51.8 Å². The summed E-state index contributed by atoms with van der Waals surface area (Å²) in [7, 11) is 2.84. The fourth-order valence-electron chi connectivity index (χ4n) is 2.31. The smallest absolute Gasteiger partial charge is 0.360 e. The maximum Gasteiger partial charge on any atom is 0.360 e. The van der Waals surface area contributed by atoms with E-state index in [1.807, 2.05) is 6.07 Å². The summed E-state index contributed by atoms with van der Waals surface area (Å²) in [4.78, 5) is 16.2. The Morgan fingerprint density at radius 1 is 1.25 bits per heavy atom. The van der Waals surface area contributed by atoms with Crippen LogP contribution in [0.3, 0.4) is 0 Å². The molecular weight excluding hydrogens is 353 g/mol. The molecule has 24 heavy (non-hydrogen) atoms. The van der Waals surface area contributed by atoms with Crippen LogP contribution in [0.15, 0.2) is 30.5 Å². The third-order valence-corrected chi connectivity index (χ3v) is 4.10. The zero-order valence-electron chi connectivity index (χ0n) is 12.9. The van der Waals surface area contributed by atoms with Crippen LogP contribution in [0.25, 0.3) is 11.0 Å². The number of carbonyl (C=O) groups excluding carboxylic acids is 1. The SMILES string of the molecule is COC(=O)c1nn(Cc2ccc(Cl)cc2Cl)c2cc(OC)cnc12. The van der Waals surface area contributed by atoms with Gasteiger partial charge in [0.05, 0.1) is 32.5 Å². The number of ether oxygens (including phenoxy) is 2. The maximum atomic E-state index is 11.9. The second-order valence-electron chi connectivity index (χ2n) is 4.98. The summed E-state index contributed by atoms with van der Waals surface area (Å²) >= 11 is 12.2. The predicted octanol–water partition coefficient (Wildman–Crippen LogP) is 3.58. The first kappa shape index (κ1) is 16.5. The van der Waals surface area contributed by atoms with Crippen LogP contribution >= 0.6 is 23.2 Å². The van der Waals surface area contributed by atoms with Crippen LogP contribution in [-0.2, 0) is 11.3 Å². The van der Waals surface area contributed by atoms with Crippen molar-refractivity contribution in [2.45, 2.75) is 6.54 Å². The van der Waals surface area contributed by atoms with E-state index in [9.17, 15) is 4.79 Å². The first-order valence-electron chi connectivity index (χ1n) is 6.96. The molecule has 0 unspecified atom stereocenters. The van der Waals surface area contributed by atoms with Gasteiger partial charge in [-0.05, 0) is 17.7 Å². The fraction of sp³-hybridized carbons (Fsp3) is 0.188. The molecule has 124 valence electrons. The number of pyridine rings is 1. The van der Waals surface area contributed by atoms with Crippen molar-refractivity contribution in [2.24, 2.45) is 0 Å². The molecule has 6 nitrogen and oxygen atoms in total. The number of hydrogen-bond donors (Lipinski definition) is 0. The summed E-state index contributed by atoms with van der Waals surface area (Å²) in [5.74, 6) is 0.000823. The largest absolute Gasteiger partial charge is 0.495 e. The number of esters is 1. The van der Waals surface area contributed by atoms with Gasteiger partial charge in [-0.1, -0.05) is 29.3 Å². The zero-order valence-corrected chi connectivity index (χ0v) is 14.4. The minimum absolute atomic E-state index is 0.139. The average Bonchev–Trinajstić information content (AvgIpc) is 2.94. The van der Waals surface area contributed by atoms with Crippen molar-refractivity contribution in [1.82, 2.24) is 14.8 Å². The van der Waals surface area contributed by atoms with Crippen LogP contribution in [0.2, 0.25) is 10.0 Å². The van der Waals surface area contributed by atoms with Crippen LogP contribution in [0.4, 0.5) is 0 Å². The van der Waals surface area contributed by atoms with Gasteiger partial charge in [0, 0.05) is 16.1 Å². The van der Waals surface area contributed by atoms with Gasteiger partial charge in [0.25, 0.3) is 0 Å². The van der Waals surface area contributed by atoms with E-state index in [0.717, 1.165) is 5.56 Å². The van der Waals surface area contributed by atoms with E-state index in [-0.39, 0.29) is 5.69 Å². The Balaban J connectivity index is 2.13. The van der Waals surface area contributed by atoms with E-state index >= 15 is 0 Å². The molecule has 0 spiro atoms. The number of benzene rings is 1. The van der Waals surface area contributed by atoms with Gasteiger partial charge in [-0.3, -0.25) is 4.68 Å². The van der Waals surface area contributed by atoms with E-state index in [1.165, 1.54) is 13.3 Å². The molecule has 0 amide bonds. The lowest BCUT2D eigenvalue weighted by Gasteiger charge is -2.07. The van der Waals surface area contributed by atoms with Crippen molar-refractivity contribution in [2.75, 3.05) is 14.2 Å². The first-order valence-corrected chi connectivity index (χ1v) is 7.72. The summed E-state index contributed by atoms with van der Waals surface area (Å²) in [5.41, 5.74) is 2.03. The monoisotopic (exact) mass is 365 g/mol. The topological polar surface area (TPSA) is 66.2 Å². The van der Waals surface area contributed by atoms with Crippen molar-refractivity contribution >= 4 is 40.2 Å². The van der Waals surface area contributed by atoms with Gasteiger partial charge >= 0.3 is 5.97 Å². The Labute approximate surface area is 147 Å². The Morgan fingerprint density at radius 2 is 2.04 bits per heavy atom. The van der Waals surface area contributed by atoms with Gasteiger partial charge in [0.1, 0.15) is 11.3 Å². The lowest BCUT2D eigenvalue weighted by atomic mass is 10.2. The van der Waals surface area contributed by atoms with Crippen LogP contribution in [0, 0.1) is 0 Å². The molecular formula is C16H13Cl2N3O3. The number of nitrogens with zero attached hydrogens (tertiary/aromatic N) is 3. The van der Waals surface area contributed by atoms with Crippen LogP contribution in [0.1, 0.15) is 16.1 Å². The Morgan fingerprint density at radius 3 is 2.71 bits per heavy atom. The van der Waals surface area contributed by atoms with Gasteiger partial charge < -0.3 is 9.47 Å². The molecule has 8 heteroatoms.